The van der Waals surface area contributed by atoms with Gasteiger partial charge >= 0.3 is 0 Å². The van der Waals surface area contributed by atoms with Gasteiger partial charge in [0, 0.05) is 16.8 Å². The number of imide groups is 1. The van der Waals surface area contributed by atoms with Crippen molar-refractivity contribution in [1.29, 1.82) is 0 Å². The van der Waals surface area contributed by atoms with Gasteiger partial charge in [0.2, 0.25) is 0 Å². The fourth-order valence-electron chi connectivity index (χ4n) is 3.28. The molecule has 3 aromatic carbocycles. The Bertz CT molecular complexity index is 1120. The number of hydrogen-bond acceptors (Lipinski definition) is 3. The second kappa shape index (κ2) is 4.55. The van der Waals surface area contributed by atoms with Crippen LogP contribution in [0, 0.1) is 0 Å². The van der Waals surface area contributed by atoms with Crippen molar-refractivity contribution >= 4 is 39.4 Å². The third-order valence-electron chi connectivity index (χ3n) is 4.41. The third-order valence-corrected chi connectivity index (χ3v) is 4.41. The monoisotopic (exact) mass is 313 g/mol. The molecule has 0 saturated carbocycles. The number of amides is 2. The first-order chi connectivity index (χ1) is 11.7. The summed E-state index contributed by atoms with van der Waals surface area (Å²) in [6, 6.07) is 20.0. The topological polar surface area (TPSA) is 50.5 Å². The van der Waals surface area contributed by atoms with Crippen LogP contribution in [0.3, 0.4) is 0 Å². The van der Waals surface area contributed by atoms with Crippen molar-refractivity contribution in [3.63, 3.8) is 0 Å². The third kappa shape index (κ3) is 1.62. The van der Waals surface area contributed by atoms with Gasteiger partial charge in [-0.3, -0.25) is 9.59 Å². The van der Waals surface area contributed by atoms with Crippen molar-refractivity contribution in [2.75, 3.05) is 4.90 Å². The number of carbonyl (C=O) groups is 2. The highest BCUT2D eigenvalue weighted by Crippen LogP contribution is 2.34. The Morgan fingerprint density at radius 2 is 1.29 bits per heavy atom. The maximum atomic E-state index is 12.6. The molecule has 0 radical (unpaired) electrons. The number of furan rings is 1. The molecule has 0 bridgehead atoms. The second-order valence-electron chi connectivity index (χ2n) is 5.77. The number of fused-ring (bicyclic) bond motifs is 4. The average Bonchev–Trinajstić information content (AvgIpc) is 3.10. The van der Waals surface area contributed by atoms with Crippen LogP contribution < -0.4 is 4.90 Å². The predicted octanol–water partition coefficient (Wildman–Crippen LogP) is 4.39. The molecule has 2 amide bonds. The zero-order chi connectivity index (χ0) is 16.3. The molecule has 4 nitrogen and oxygen atoms in total. The van der Waals surface area contributed by atoms with Gasteiger partial charge in [0.25, 0.3) is 11.8 Å². The number of benzene rings is 3. The molecular weight excluding hydrogens is 302 g/mol. The Labute approximate surface area is 136 Å². The van der Waals surface area contributed by atoms with Crippen molar-refractivity contribution in [3.8, 4) is 0 Å². The summed E-state index contributed by atoms with van der Waals surface area (Å²) in [5, 5.41) is 1.98. The largest absolute Gasteiger partial charge is 0.456 e. The SMILES string of the molecule is O=C1c2ccccc2C(=O)N1c1ccc2c(c1)oc1ccccc12. The minimum absolute atomic E-state index is 0.300. The van der Waals surface area contributed by atoms with E-state index in [4.69, 9.17) is 4.42 Å². The van der Waals surface area contributed by atoms with Crippen LogP contribution in [0.25, 0.3) is 21.9 Å². The van der Waals surface area contributed by atoms with Crippen LogP contribution in [0.15, 0.2) is 71.1 Å². The molecular formula is C20H11NO3. The number of hydrogen-bond donors (Lipinski definition) is 0. The molecule has 5 rings (SSSR count). The minimum Gasteiger partial charge on any atom is -0.456 e. The number of rotatable bonds is 1. The lowest BCUT2D eigenvalue weighted by Crippen LogP contribution is -2.29. The van der Waals surface area contributed by atoms with Gasteiger partial charge in [-0.1, -0.05) is 30.3 Å². The van der Waals surface area contributed by atoms with Gasteiger partial charge in [0.15, 0.2) is 0 Å². The van der Waals surface area contributed by atoms with Crippen molar-refractivity contribution in [2.45, 2.75) is 0 Å². The lowest BCUT2D eigenvalue weighted by atomic mass is 10.1. The molecule has 24 heavy (non-hydrogen) atoms. The molecule has 1 aromatic heterocycles. The molecule has 4 aromatic rings. The highest BCUT2D eigenvalue weighted by atomic mass is 16.3. The first-order valence-corrected chi connectivity index (χ1v) is 7.63. The van der Waals surface area contributed by atoms with Crippen molar-refractivity contribution in [2.24, 2.45) is 0 Å². The normalized spacial score (nSPS) is 13.9. The van der Waals surface area contributed by atoms with Crippen LogP contribution in [0.4, 0.5) is 5.69 Å². The standard InChI is InChI=1S/C20H11NO3/c22-19-15-6-1-2-7-16(15)20(23)21(19)12-9-10-14-13-5-3-4-8-17(13)24-18(14)11-12/h1-11H. The van der Waals surface area contributed by atoms with Gasteiger partial charge in [0.05, 0.1) is 16.8 Å². The minimum atomic E-state index is -0.300. The molecule has 0 atom stereocenters. The van der Waals surface area contributed by atoms with Crippen LogP contribution in [-0.4, -0.2) is 11.8 Å². The van der Waals surface area contributed by atoms with Gasteiger partial charge in [-0.25, -0.2) is 4.90 Å². The summed E-state index contributed by atoms with van der Waals surface area (Å²) in [5.41, 5.74) is 2.84. The molecule has 1 aliphatic rings. The summed E-state index contributed by atoms with van der Waals surface area (Å²) in [7, 11) is 0. The summed E-state index contributed by atoms with van der Waals surface area (Å²) < 4.78 is 5.85. The van der Waals surface area contributed by atoms with E-state index in [0.29, 0.717) is 22.4 Å². The van der Waals surface area contributed by atoms with E-state index < -0.39 is 0 Å². The van der Waals surface area contributed by atoms with Crippen molar-refractivity contribution in [3.05, 3.63) is 77.9 Å². The van der Waals surface area contributed by atoms with Gasteiger partial charge in [-0.2, -0.15) is 0 Å². The highest BCUT2D eigenvalue weighted by Gasteiger charge is 2.36. The molecule has 0 fully saturated rings. The van der Waals surface area contributed by atoms with E-state index in [1.54, 1.807) is 36.4 Å². The summed E-state index contributed by atoms with van der Waals surface area (Å²) >= 11 is 0. The molecule has 0 N–H and O–H groups in total. The van der Waals surface area contributed by atoms with E-state index >= 15 is 0 Å². The Morgan fingerprint density at radius 3 is 2.04 bits per heavy atom. The summed E-state index contributed by atoms with van der Waals surface area (Å²) in [5.74, 6) is -0.600. The van der Waals surface area contributed by atoms with Gasteiger partial charge < -0.3 is 4.42 Å². The fraction of sp³-hybridized carbons (Fsp3) is 0. The Balaban J connectivity index is 1.69. The van der Waals surface area contributed by atoms with Crippen LogP contribution in [0.2, 0.25) is 0 Å². The van der Waals surface area contributed by atoms with Gasteiger partial charge in [0.1, 0.15) is 11.2 Å². The highest BCUT2D eigenvalue weighted by molar-refractivity contribution is 6.34. The average molecular weight is 313 g/mol. The second-order valence-corrected chi connectivity index (χ2v) is 5.77. The van der Waals surface area contributed by atoms with E-state index in [1.165, 1.54) is 4.90 Å². The summed E-state index contributed by atoms with van der Waals surface area (Å²) in [6.07, 6.45) is 0. The molecule has 2 heterocycles. The number of nitrogens with zero attached hydrogens (tertiary/aromatic N) is 1. The molecule has 0 aliphatic carbocycles. The molecule has 4 heteroatoms. The van der Waals surface area contributed by atoms with Crippen molar-refractivity contribution < 1.29 is 14.0 Å². The maximum absolute atomic E-state index is 12.6. The number of anilines is 1. The Kier molecular flexibility index (Phi) is 2.48. The smallest absolute Gasteiger partial charge is 0.266 e. The Hall–Kier alpha value is -3.40. The Morgan fingerprint density at radius 1 is 0.667 bits per heavy atom. The van der Waals surface area contributed by atoms with E-state index in [9.17, 15) is 9.59 Å². The number of carbonyl (C=O) groups excluding carboxylic acids is 2. The molecule has 114 valence electrons. The maximum Gasteiger partial charge on any atom is 0.266 e. The zero-order valence-corrected chi connectivity index (χ0v) is 12.5. The van der Waals surface area contributed by atoms with E-state index in [1.807, 2.05) is 30.3 Å². The first-order valence-electron chi connectivity index (χ1n) is 7.63. The quantitative estimate of drug-likeness (QED) is 0.490. The molecule has 0 unspecified atom stereocenters. The van der Waals surface area contributed by atoms with Gasteiger partial charge in [-0.15, -0.1) is 0 Å². The van der Waals surface area contributed by atoms with Crippen molar-refractivity contribution in [1.82, 2.24) is 0 Å². The van der Waals surface area contributed by atoms with Crippen LogP contribution in [0.5, 0.6) is 0 Å². The summed E-state index contributed by atoms with van der Waals surface area (Å²) in [4.78, 5) is 26.4. The molecule has 0 saturated heterocycles. The van der Waals surface area contributed by atoms with Crippen LogP contribution in [0.1, 0.15) is 20.7 Å². The number of para-hydroxylation sites is 1. The van der Waals surface area contributed by atoms with Crippen LogP contribution >= 0.6 is 0 Å². The van der Waals surface area contributed by atoms with Crippen LogP contribution in [-0.2, 0) is 0 Å². The van der Waals surface area contributed by atoms with E-state index in [-0.39, 0.29) is 11.8 Å². The fourth-order valence-corrected chi connectivity index (χ4v) is 3.28. The van der Waals surface area contributed by atoms with E-state index in [0.717, 1.165) is 16.4 Å². The van der Waals surface area contributed by atoms with E-state index in [2.05, 4.69) is 0 Å². The zero-order valence-electron chi connectivity index (χ0n) is 12.5. The first kappa shape index (κ1) is 13.1. The predicted molar refractivity (Wildman–Crippen MR) is 91.3 cm³/mol. The summed E-state index contributed by atoms with van der Waals surface area (Å²) in [6.45, 7) is 0. The lowest BCUT2D eigenvalue weighted by molar-refractivity contribution is 0.0926. The van der Waals surface area contributed by atoms with Gasteiger partial charge in [-0.05, 0) is 30.3 Å². The lowest BCUT2D eigenvalue weighted by Gasteiger charge is -2.13. The molecule has 1 aliphatic heterocycles. The molecule has 0 spiro atoms.